The number of aromatic nitrogens is 1. The van der Waals surface area contributed by atoms with Crippen molar-refractivity contribution in [1.29, 1.82) is 0 Å². The zero-order valence-corrected chi connectivity index (χ0v) is 16.3. The maximum Gasteiger partial charge on any atom is 0.339 e. The van der Waals surface area contributed by atoms with Gasteiger partial charge in [0, 0.05) is 12.4 Å². The molecule has 1 heterocycles. The van der Waals surface area contributed by atoms with Crippen molar-refractivity contribution >= 4 is 5.97 Å². The summed E-state index contributed by atoms with van der Waals surface area (Å²) in [5, 5.41) is 0. The van der Waals surface area contributed by atoms with Crippen LogP contribution in [0.4, 0.5) is 0 Å². The van der Waals surface area contributed by atoms with Gasteiger partial charge < -0.3 is 4.74 Å². The largest absolute Gasteiger partial charge is 0.462 e. The second kappa shape index (κ2) is 14.9. The number of hydrogen-bond acceptors (Lipinski definition) is 3. The lowest BCUT2D eigenvalue weighted by Crippen LogP contribution is -2.15. The molecule has 0 aliphatic rings. The first kappa shape index (κ1) is 21.7. The van der Waals surface area contributed by atoms with Gasteiger partial charge in [0.1, 0.15) is 0 Å². The van der Waals surface area contributed by atoms with E-state index in [1.165, 1.54) is 77.0 Å². The normalized spacial score (nSPS) is 12.1. The first-order valence-electron chi connectivity index (χ1n) is 10.3. The van der Waals surface area contributed by atoms with Crippen molar-refractivity contribution in [3.8, 4) is 0 Å². The second-order valence-corrected chi connectivity index (χ2v) is 7.11. The van der Waals surface area contributed by atoms with Gasteiger partial charge in [-0.2, -0.15) is 0 Å². The van der Waals surface area contributed by atoms with E-state index < -0.39 is 0 Å². The Morgan fingerprint density at radius 3 is 2.16 bits per heavy atom. The summed E-state index contributed by atoms with van der Waals surface area (Å²) in [5.74, 6) is 0.262. The highest BCUT2D eigenvalue weighted by Crippen LogP contribution is 2.20. The molecule has 1 rings (SSSR count). The van der Waals surface area contributed by atoms with Gasteiger partial charge in [0.05, 0.1) is 12.2 Å². The number of pyridine rings is 1. The lowest BCUT2D eigenvalue weighted by Gasteiger charge is -2.17. The number of esters is 1. The van der Waals surface area contributed by atoms with Crippen molar-refractivity contribution in [3.05, 3.63) is 30.1 Å². The number of unbranched alkanes of at least 4 members (excludes halogenated alkanes) is 8. The molecule has 0 aliphatic carbocycles. The van der Waals surface area contributed by atoms with Crippen LogP contribution in [0, 0.1) is 5.92 Å². The highest BCUT2D eigenvalue weighted by Gasteiger charge is 2.13. The van der Waals surface area contributed by atoms with Crippen LogP contribution in [-0.4, -0.2) is 17.6 Å². The summed E-state index contributed by atoms with van der Waals surface area (Å²) in [7, 11) is 0. The average molecular weight is 348 g/mol. The van der Waals surface area contributed by atoms with Crippen molar-refractivity contribution in [2.75, 3.05) is 6.61 Å². The molecule has 0 fully saturated rings. The van der Waals surface area contributed by atoms with Gasteiger partial charge in [0.25, 0.3) is 0 Å². The molecular weight excluding hydrogens is 310 g/mol. The summed E-state index contributed by atoms with van der Waals surface area (Å²) in [6, 6.07) is 3.54. The van der Waals surface area contributed by atoms with E-state index in [1.807, 2.05) is 0 Å². The third-order valence-electron chi connectivity index (χ3n) is 4.78. The summed E-state index contributed by atoms with van der Waals surface area (Å²) in [4.78, 5) is 16.1. The molecular formula is C22H37NO2. The number of hydrogen-bond donors (Lipinski definition) is 0. The molecule has 0 amide bonds. The fraction of sp³-hybridized carbons (Fsp3) is 0.727. The van der Waals surface area contributed by atoms with E-state index in [0.717, 1.165) is 0 Å². The van der Waals surface area contributed by atoms with Gasteiger partial charge in [-0.25, -0.2) is 4.79 Å². The Morgan fingerprint density at radius 1 is 0.960 bits per heavy atom. The molecule has 0 bridgehead atoms. The quantitative estimate of drug-likeness (QED) is 0.266. The molecule has 0 spiro atoms. The smallest absolute Gasteiger partial charge is 0.339 e. The molecule has 3 heteroatoms. The van der Waals surface area contributed by atoms with Crippen LogP contribution >= 0.6 is 0 Å². The highest BCUT2D eigenvalue weighted by molar-refractivity contribution is 5.88. The van der Waals surface area contributed by atoms with E-state index in [9.17, 15) is 4.79 Å². The minimum absolute atomic E-state index is 0.241. The molecule has 0 aromatic carbocycles. The molecule has 0 aliphatic heterocycles. The summed E-state index contributed by atoms with van der Waals surface area (Å²) in [5.41, 5.74) is 0.548. The van der Waals surface area contributed by atoms with E-state index in [2.05, 4.69) is 18.8 Å². The van der Waals surface area contributed by atoms with Gasteiger partial charge in [0.2, 0.25) is 0 Å². The number of nitrogens with zero attached hydrogens (tertiary/aromatic N) is 1. The first-order valence-corrected chi connectivity index (χ1v) is 10.3. The van der Waals surface area contributed by atoms with E-state index in [4.69, 9.17) is 4.74 Å². The maximum absolute atomic E-state index is 12.1. The minimum Gasteiger partial charge on any atom is -0.462 e. The van der Waals surface area contributed by atoms with Crippen molar-refractivity contribution in [2.45, 2.75) is 90.9 Å². The average Bonchev–Trinajstić information content (AvgIpc) is 2.65. The maximum atomic E-state index is 12.1. The summed E-state index contributed by atoms with van der Waals surface area (Å²) < 4.78 is 5.56. The zero-order chi connectivity index (χ0) is 18.2. The molecule has 3 nitrogen and oxygen atoms in total. The van der Waals surface area contributed by atoms with Gasteiger partial charge in [-0.1, -0.05) is 78.1 Å². The van der Waals surface area contributed by atoms with E-state index >= 15 is 0 Å². The predicted octanol–water partition coefficient (Wildman–Crippen LogP) is 6.58. The summed E-state index contributed by atoms with van der Waals surface area (Å²) >= 11 is 0. The molecule has 1 aromatic heterocycles. The Labute approximate surface area is 154 Å². The van der Waals surface area contributed by atoms with Gasteiger partial charge in [0.15, 0.2) is 0 Å². The minimum atomic E-state index is -0.241. The van der Waals surface area contributed by atoms with Crippen LogP contribution in [-0.2, 0) is 4.74 Å². The fourth-order valence-corrected chi connectivity index (χ4v) is 3.14. The molecule has 142 valence electrons. The van der Waals surface area contributed by atoms with Gasteiger partial charge in [-0.15, -0.1) is 0 Å². The van der Waals surface area contributed by atoms with Gasteiger partial charge in [-0.05, 0) is 30.9 Å². The summed E-state index contributed by atoms with van der Waals surface area (Å²) in [6.45, 7) is 5.04. The van der Waals surface area contributed by atoms with Gasteiger partial charge in [-0.3, -0.25) is 4.98 Å². The van der Waals surface area contributed by atoms with E-state index in [1.54, 1.807) is 24.5 Å². The number of carbonyl (C=O) groups is 1. The fourth-order valence-electron chi connectivity index (χ4n) is 3.14. The van der Waals surface area contributed by atoms with Crippen molar-refractivity contribution in [1.82, 2.24) is 4.98 Å². The number of carbonyl (C=O) groups excluding carboxylic acids is 1. The lowest BCUT2D eigenvalue weighted by molar-refractivity contribution is 0.0421. The number of ether oxygens (including phenoxy) is 1. The summed E-state index contributed by atoms with van der Waals surface area (Å²) in [6.07, 6.45) is 18.6. The van der Waals surface area contributed by atoms with Crippen LogP contribution in [0.3, 0.4) is 0 Å². The van der Waals surface area contributed by atoms with Crippen molar-refractivity contribution in [3.63, 3.8) is 0 Å². The van der Waals surface area contributed by atoms with Crippen LogP contribution in [0.1, 0.15) is 101 Å². The Balaban J connectivity index is 2.32. The molecule has 25 heavy (non-hydrogen) atoms. The van der Waals surface area contributed by atoms with Crippen LogP contribution in [0.2, 0.25) is 0 Å². The topological polar surface area (TPSA) is 39.2 Å². The predicted molar refractivity (Wildman–Crippen MR) is 105 cm³/mol. The molecule has 0 saturated heterocycles. The third kappa shape index (κ3) is 11.0. The Morgan fingerprint density at radius 2 is 1.56 bits per heavy atom. The molecule has 0 radical (unpaired) electrons. The standard InChI is InChI=1S/C22H37NO2/c1-3-5-7-9-10-12-15-20(14-11-8-6-4-2)19-25-22(24)21-16-13-17-23-18-21/h13,16-18,20H,3-12,14-15,19H2,1-2H3. The van der Waals surface area contributed by atoms with Gasteiger partial charge >= 0.3 is 5.97 Å². The molecule has 1 atom stereocenters. The highest BCUT2D eigenvalue weighted by atomic mass is 16.5. The Hall–Kier alpha value is -1.38. The van der Waals surface area contributed by atoms with Crippen LogP contribution in [0.25, 0.3) is 0 Å². The first-order chi connectivity index (χ1) is 12.3. The monoisotopic (exact) mass is 347 g/mol. The van der Waals surface area contributed by atoms with E-state index in [0.29, 0.717) is 18.1 Å². The Kier molecular flexibility index (Phi) is 12.9. The van der Waals surface area contributed by atoms with Crippen LogP contribution < -0.4 is 0 Å². The van der Waals surface area contributed by atoms with Crippen LogP contribution in [0.15, 0.2) is 24.5 Å². The SMILES string of the molecule is CCCCCCCCC(CCCCCC)COC(=O)c1cccnc1. The lowest BCUT2D eigenvalue weighted by atomic mass is 9.95. The van der Waals surface area contributed by atoms with E-state index in [-0.39, 0.29) is 5.97 Å². The molecule has 1 aromatic rings. The van der Waals surface area contributed by atoms with Crippen molar-refractivity contribution in [2.24, 2.45) is 5.92 Å². The Bertz CT molecular complexity index is 433. The second-order valence-electron chi connectivity index (χ2n) is 7.11. The molecule has 0 N–H and O–H groups in total. The third-order valence-corrected chi connectivity index (χ3v) is 4.78. The zero-order valence-electron chi connectivity index (χ0n) is 16.3. The molecule has 1 unspecified atom stereocenters. The number of rotatable bonds is 15. The van der Waals surface area contributed by atoms with Crippen molar-refractivity contribution < 1.29 is 9.53 Å². The molecule has 0 saturated carbocycles. The van der Waals surface area contributed by atoms with Crippen LogP contribution in [0.5, 0.6) is 0 Å².